The molecule has 0 saturated carbocycles. The van der Waals surface area contributed by atoms with Crippen molar-refractivity contribution in [3.8, 4) is 0 Å². The van der Waals surface area contributed by atoms with Crippen LogP contribution in [0.1, 0.15) is 13.3 Å². The van der Waals surface area contributed by atoms with E-state index in [0.29, 0.717) is 6.79 Å². The van der Waals surface area contributed by atoms with E-state index >= 15 is 0 Å². The van der Waals surface area contributed by atoms with Crippen LogP contribution in [0.5, 0.6) is 0 Å². The first-order valence-corrected chi connectivity index (χ1v) is 4.26. The van der Waals surface area contributed by atoms with Crippen LogP contribution in [0.4, 0.5) is 0 Å². The van der Waals surface area contributed by atoms with Crippen LogP contribution in [0.3, 0.4) is 0 Å². The lowest BCUT2D eigenvalue weighted by atomic mass is 10.3. The van der Waals surface area contributed by atoms with Crippen LogP contribution in [-0.2, 0) is 9.47 Å². The van der Waals surface area contributed by atoms with E-state index in [2.05, 4.69) is 0 Å². The molecule has 4 nitrogen and oxygen atoms in total. The zero-order valence-electron chi connectivity index (χ0n) is 7.69. The average Bonchev–Trinajstić information content (AvgIpc) is 2.48. The maximum Gasteiger partial charge on any atom is 0.146 e. The molecule has 4 heteroatoms. The number of methoxy groups -OCH3 is 1. The van der Waals surface area contributed by atoms with Gasteiger partial charge >= 0.3 is 0 Å². The summed E-state index contributed by atoms with van der Waals surface area (Å²) in [5.41, 5.74) is 0. The predicted octanol–water partition coefficient (Wildman–Crippen LogP) is 0.0195. The minimum atomic E-state index is -0.360. The number of hydrogen-bond donors (Lipinski definition) is 1. The molecule has 1 aliphatic rings. The van der Waals surface area contributed by atoms with Crippen molar-refractivity contribution in [1.29, 1.82) is 0 Å². The van der Waals surface area contributed by atoms with Crippen LogP contribution in [0.15, 0.2) is 0 Å². The molecule has 0 aliphatic carbocycles. The third kappa shape index (κ3) is 2.71. The van der Waals surface area contributed by atoms with Gasteiger partial charge in [0.05, 0.1) is 6.10 Å². The van der Waals surface area contributed by atoms with Gasteiger partial charge in [-0.05, 0) is 13.3 Å². The van der Waals surface area contributed by atoms with Crippen LogP contribution < -0.4 is 0 Å². The van der Waals surface area contributed by atoms with Gasteiger partial charge in [0.25, 0.3) is 0 Å². The van der Waals surface area contributed by atoms with Gasteiger partial charge in [0.1, 0.15) is 13.0 Å². The summed E-state index contributed by atoms with van der Waals surface area (Å²) >= 11 is 0. The lowest BCUT2D eigenvalue weighted by molar-refractivity contribution is -0.0722. The first-order valence-electron chi connectivity index (χ1n) is 4.26. The Morgan fingerprint density at radius 2 is 2.42 bits per heavy atom. The number of nitrogens with zero attached hydrogens (tertiary/aromatic N) is 1. The van der Waals surface area contributed by atoms with E-state index in [1.54, 1.807) is 14.0 Å². The van der Waals surface area contributed by atoms with Crippen molar-refractivity contribution in [2.75, 3.05) is 27.0 Å². The molecule has 0 bridgehead atoms. The highest BCUT2D eigenvalue weighted by molar-refractivity contribution is 4.75. The van der Waals surface area contributed by atoms with Gasteiger partial charge in [0.2, 0.25) is 0 Å². The zero-order chi connectivity index (χ0) is 8.97. The lowest BCUT2D eigenvalue weighted by Crippen LogP contribution is -2.31. The number of rotatable bonds is 4. The molecule has 0 radical (unpaired) electrons. The Labute approximate surface area is 73.1 Å². The van der Waals surface area contributed by atoms with Crippen molar-refractivity contribution >= 4 is 0 Å². The second-order valence-corrected chi connectivity index (χ2v) is 3.11. The summed E-state index contributed by atoms with van der Waals surface area (Å²) < 4.78 is 10.2. The monoisotopic (exact) mass is 175 g/mol. The van der Waals surface area contributed by atoms with Crippen LogP contribution in [0.25, 0.3) is 0 Å². The molecule has 0 spiro atoms. The summed E-state index contributed by atoms with van der Waals surface area (Å²) in [7, 11) is 1.61. The molecule has 1 N–H and O–H groups in total. The summed E-state index contributed by atoms with van der Waals surface area (Å²) in [5.74, 6) is 0. The lowest BCUT2D eigenvalue weighted by Gasteiger charge is -2.18. The summed E-state index contributed by atoms with van der Waals surface area (Å²) in [6, 6.07) is 0. The molecule has 0 aromatic rings. The normalized spacial score (nSPS) is 27.8. The fourth-order valence-corrected chi connectivity index (χ4v) is 1.39. The molecule has 1 rings (SSSR count). The molecule has 0 aromatic heterocycles. The van der Waals surface area contributed by atoms with E-state index in [0.717, 1.165) is 19.5 Å². The highest BCUT2D eigenvalue weighted by atomic mass is 16.7. The number of aliphatic hydroxyl groups is 1. The first kappa shape index (κ1) is 9.92. The van der Waals surface area contributed by atoms with Crippen molar-refractivity contribution in [3.05, 3.63) is 0 Å². The van der Waals surface area contributed by atoms with Crippen LogP contribution >= 0.6 is 0 Å². The maximum absolute atomic E-state index is 9.23. The Morgan fingerprint density at radius 3 is 2.92 bits per heavy atom. The fraction of sp³-hybridized carbons (Fsp3) is 1.00. The van der Waals surface area contributed by atoms with E-state index in [-0.39, 0.29) is 12.3 Å². The quantitative estimate of drug-likeness (QED) is 0.612. The Morgan fingerprint density at radius 1 is 1.67 bits per heavy atom. The summed E-state index contributed by atoms with van der Waals surface area (Å²) in [6.45, 7) is 3.84. The number of aliphatic hydroxyl groups excluding tert-OH is 1. The van der Waals surface area contributed by atoms with Gasteiger partial charge in [-0.15, -0.1) is 0 Å². The summed E-state index contributed by atoms with van der Waals surface area (Å²) in [6.07, 6.45) is 0.842. The second kappa shape index (κ2) is 4.77. The standard InChI is InChI=1S/C8H17NO3/c1-7(10)9-4-3-8(5-9)12-6-11-2/h7-8,10H,3-6H2,1-2H3/t7?,8-/m0/s1. The van der Waals surface area contributed by atoms with Crippen molar-refractivity contribution in [3.63, 3.8) is 0 Å². The molecule has 72 valence electrons. The van der Waals surface area contributed by atoms with E-state index in [1.807, 2.05) is 4.90 Å². The third-order valence-corrected chi connectivity index (χ3v) is 2.13. The van der Waals surface area contributed by atoms with Gasteiger partial charge in [0.15, 0.2) is 0 Å². The molecule has 0 amide bonds. The van der Waals surface area contributed by atoms with Crippen LogP contribution in [0.2, 0.25) is 0 Å². The number of ether oxygens (including phenoxy) is 2. The van der Waals surface area contributed by atoms with Gasteiger partial charge in [0, 0.05) is 20.2 Å². The average molecular weight is 175 g/mol. The van der Waals surface area contributed by atoms with E-state index < -0.39 is 0 Å². The smallest absolute Gasteiger partial charge is 0.146 e. The van der Waals surface area contributed by atoms with Gasteiger partial charge in [-0.2, -0.15) is 0 Å². The SMILES string of the molecule is COCO[C@H]1CCN(C(C)O)C1. The Balaban J connectivity index is 2.17. The molecule has 2 atom stereocenters. The van der Waals surface area contributed by atoms with Gasteiger partial charge < -0.3 is 14.6 Å². The molecule has 1 aliphatic heterocycles. The molecule has 1 unspecified atom stereocenters. The zero-order valence-corrected chi connectivity index (χ0v) is 7.69. The van der Waals surface area contributed by atoms with E-state index in [4.69, 9.17) is 9.47 Å². The first-order chi connectivity index (χ1) is 5.74. The van der Waals surface area contributed by atoms with E-state index in [9.17, 15) is 5.11 Å². The molecular formula is C8H17NO3. The Kier molecular flexibility index (Phi) is 3.94. The maximum atomic E-state index is 9.23. The number of hydrogen-bond acceptors (Lipinski definition) is 4. The molecule has 1 heterocycles. The number of likely N-dealkylation sites (tertiary alicyclic amines) is 1. The fourth-order valence-electron chi connectivity index (χ4n) is 1.39. The Hall–Kier alpha value is -0.160. The molecular weight excluding hydrogens is 158 g/mol. The molecule has 1 fully saturated rings. The second-order valence-electron chi connectivity index (χ2n) is 3.11. The Bertz CT molecular complexity index is 129. The molecule has 1 saturated heterocycles. The van der Waals surface area contributed by atoms with E-state index in [1.165, 1.54) is 0 Å². The minimum absolute atomic E-state index is 0.222. The third-order valence-electron chi connectivity index (χ3n) is 2.13. The topological polar surface area (TPSA) is 41.9 Å². The minimum Gasteiger partial charge on any atom is -0.379 e. The highest BCUT2D eigenvalue weighted by Gasteiger charge is 2.25. The molecule has 12 heavy (non-hydrogen) atoms. The van der Waals surface area contributed by atoms with Gasteiger partial charge in [-0.25, -0.2) is 0 Å². The highest BCUT2D eigenvalue weighted by Crippen LogP contribution is 2.13. The predicted molar refractivity (Wildman–Crippen MR) is 44.6 cm³/mol. The summed E-state index contributed by atoms with van der Waals surface area (Å²) in [5, 5.41) is 9.23. The van der Waals surface area contributed by atoms with Crippen molar-refractivity contribution in [1.82, 2.24) is 4.90 Å². The molecule has 0 aromatic carbocycles. The van der Waals surface area contributed by atoms with Crippen molar-refractivity contribution in [2.45, 2.75) is 25.7 Å². The van der Waals surface area contributed by atoms with Gasteiger partial charge in [-0.1, -0.05) is 0 Å². The largest absolute Gasteiger partial charge is 0.379 e. The summed E-state index contributed by atoms with van der Waals surface area (Å²) in [4.78, 5) is 1.99. The van der Waals surface area contributed by atoms with Gasteiger partial charge in [-0.3, -0.25) is 4.90 Å². The van der Waals surface area contributed by atoms with Crippen molar-refractivity contribution < 1.29 is 14.6 Å². The van der Waals surface area contributed by atoms with Crippen molar-refractivity contribution in [2.24, 2.45) is 0 Å². The van der Waals surface area contributed by atoms with Crippen LogP contribution in [0, 0.1) is 0 Å². The van der Waals surface area contributed by atoms with Crippen LogP contribution in [-0.4, -0.2) is 49.3 Å².